The number of aliphatic hydroxyl groups excluding tert-OH is 1. The van der Waals surface area contributed by atoms with Gasteiger partial charge in [-0.2, -0.15) is 0 Å². The fourth-order valence-electron chi connectivity index (χ4n) is 4.47. The standard InChI is InChI=1S/C18H22O4/c1-2-18-13(15(18)17(21)22)10-12(16(18)20)14(19)9-8-11-6-4-3-5-7-11/h3-7,12-15,19H,2,8-10H2,1H3,(H,21,22). The molecule has 2 aliphatic rings. The number of carboxylic acid groups (broad SMARTS) is 1. The highest BCUT2D eigenvalue weighted by Gasteiger charge is 2.76. The predicted molar refractivity (Wildman–Crippen MR) is 81.2 cm³/mol. The summed E-state index contributed by atoms with van der Waals surface area (Å²) in [4.78, 5) is 23.9. The molecule has 2 fully saturated rings. The van der Waals surface area contributed by atoms with E-state index >= 15 is 0 Å². The Morgan fingerprint density at radius 1 is 1.36 bits per heavy atom. The molecular weight excluding hydrogens is 280 g/mol. The van der Waals surface area contributed by atoms with Crippen molar-refractivity contribution < 1.29 is 19.8 Å². The zero-order valence-electron chi connectivity index (χ0n) is 12.7. The van der Waals surface area contributed by atoms with E-state index in [4.69, 9.17) is 0 Å². The van der Waals surface area contributed by atoms with Gasteiger partial charge in [-0.3, -0.25) is 9.59 Å². The molecule has 0 bridgehead atoms. The third-order valence-corrected chi connectivity index (χ3v) is 5.70. The first kappa shape index (κ1) is 15.2. The molecule has 5 unspecified atom stereocenters. The van der Waals surface area contributed by atoms with Gasteiger partial charge in [-0.05, 0) is 37.2 Å². The van der Waals surface area contributed by atoms with Crippen LogP contribution in [0.5, 0.6) is 0 Å². The maximum Gasteiger partial charge on any atom is 0.307 e. The number of aliphatic hydroxyl groups is 1. The zero-order chi connectivity index (χ0) is 15.9. The van der Waals surface area contributed by atoms with Crippen molar-refractivity contribution in [1.82, 2.24) is 0 Å². The van der Waals surface area contributed by atoms with Gasteiger partial charge in [0.05, 0.1) is 12.0 Å². The predicted octanol–water partition coefficient (Wildman–Crippen LogP) is 2.30. The molecule has 3 rings (SSSR count). The zero-order valence-corrected chi connectivity index (χ0v) is 12.7. The van der Waals surface area contributed by atoms with Crippen molar-refractivity contribution in [1.29, 1.82) is 0 Å². The molecule has 1 aromatic carbocycles. The van der Waals surface area contributed by atoms with Gasteiger partial charge in [0, 0.05) is 11.3 Å². The summed E-state index contributed by atoms with van der Waals surface area (Å²) in [6.07, 6.45) is 1.70. The van der Waals surface area contributed by atoms with Crippen molar-refractivity contribution in [3.8, 4) is 0 Å². The normalized spacial score (nSPS) is 34.3. The maximum absolute atomic E-state index is 12.6. The highest BCUT2D eigenvalue weighted by molar-refractivity contribution is 6.00. The van der Waals surface area contributed by atoms with E-state index in [0.29, 0.717) is 19.3 Å². The van der Waals surface area contributed by atoms with E-state index in [2.05, 4.69) is 0 Å². The number of benzene rings is 1. The fraction of sp³-hybridized carbons (Fsp3) is 0.556. The summed E-state index contributed by atoms with van der Waals surface area (Å²) >= 11 is 0. The smallest absolute Gasteiger partial charge is 0.307 e. The van der Waals surface area contributed by atoms with Crippen LogP contribution in [0, 0.1) is 23.2 Å². The van der Waals surface area contributed by atoms with Crippen molar-refractivity contribution in [3.63, 3.8) is 0 Å². The number of rotatable bonds is 6. The van der Waals surface area contributed by atoms with Crippen molar-refractivity contribution in [3.05, 3.63) is 35.9 Å². The number of Topliss-reactive ketones (excluding diaryl/α,β-unsaturated/α-hetero) is 1. The molecule has 4 nitrogen and oxygen atoms in total. The summed E-state index contributed by atoms with van der Waals surface area (Å²) in [7, 11) is 0. The molecule has 5 atom stereocenters. The third-order valence-electron chi connectivity index (χ3n) is 5.70. The van der Waals surface area contributed by atoms with Crippen LogP contribution in [0.2, 0.25) is 0 Å². The minimum absolute atomic E-state index is 0.0204. The topological polar surface area (TPSA) is 74.6 Å². The number of aryl methyl sites for hydroxylation is 1. The van der Waals surface area contributed by atoms with Crippen molar-refractivity contribution in [2.45, 2.75) is 38.7 Å². The molecule has 1 aromatic rings. The molecule has 22 heavy (non-hydrogen) atoms. The number of carbonyl (C=O) groups is 2. The Kier molecular flexibility index (Phi) is 3.81. The minimum atomic E-state index is -0.863. The number of aliphatic carboxylic acids is 1. The minimum Gasteiger partial charge on any atom is -0.481 e. The maximum atomic E-state index is 12.6. The van der Waals surface area contributed by atoms with Gasteiger partial charge in [-0.1, -0.05) is 37.3 Å². The van der Waals surface area contributed by atoms with Crippen LogP contribution in [0.25, 0.3) is 0 Å². The Morgan fingerprint density at radius 3 is 2.59 bits per heavy atom. The summed E-state index contributed by atoms with van der Waals surface area (Å²) in [5.41, 5.74) is 0.454. The first-order chi connectivity index (χ1) is 10.5. The van der Waals surface area contributed by atoms with Gasteiger partial charge in [0.1, 0.15) is 5.78 Å². The lowest BCUT2D eigenvalue weighted by Crippen LogP contribution is -2.33. The van der Waals surface area contributed by atoms with Crippen LogP contribution >= 0.6 is 0 Å². The average Bonchev–Trinajstić information content (AvgIpc) is 3.10. The number of ketones is 1. The number of fused-ring (bicyclic) bond motifs is 1. The molecule has 0 amide bonds. The Labute approximate surface area is 130 Å². The lowest BCUT2D eigenvalue weighted by atomic mass is 9.85. The van der Waals surface area contributed by atoms with Crippen molar-refractivity contribution in [2.75, 3.05) is 0 Å². The summed E-state index contributed by atoms with van der Waals surface area (Å²) in [5, 5.41) is 19.6. The first-order valence-electron chi connectivity index (χ1n) is 8.01. The Morgan fingerprint density at radius 2 is 2.05 bits per heavy atom. The monoisotopic (exact) mass is 302 g/mol. The summed E-state index contributed by atoms with van der Waals surface area (Å²) in [5.74, 6) is -1.86. The fourth-order valence-corrected chi connectivity index (χ4v) is 4.47. The van der Waals surface area contributed by atoms with Gasteiger partial charge in [0.2, 0.25) is 0 Å². The van der Waals surface area contributed by atoms with Crippen LogP contribution in [0.1, 0.15) is 31.7 Å². The molecule has 0 heterocycles. The summed E-state index contributed by atoms with van der Waals surface area (Å²) in [6.45, 7) is 1.88. The molecule has 2 saturated carbocycles. The van der Waals surface area contributed by atoms with E-state index in [1.807, 2.05) is 37.3 Å². The van der Waals surface area contributed by atoms with E-state index in [1.54, 1.807) is 0 Å². The summed E-state index contributed by atoms with van der Waals surface area (Å²) in [6, 6.07) is 9.89. The molecule has 0 saturated heterocycles. The molecule has 2 aliphatic carbocycles. The van der Waals surface area contributed by atoms with Crippen LogP contribution in [-0.4, -0.2) is 28.1 Å². The van der Waals surface area contributed by atoms with Crippen LogP contribution < -0.4 is 0 Å². The van der Waals surface area contributed by atoms with Crippen molar-refractivity contribution >= 4 is 11.8 Å². The lowest BCUT2D eigenvalue weighted by molar-refractivity contribution is -0.143. The van der Waals surface area contributed by atoms with Crippen molar-refractivity contribution in [2.24, 2.45) is 23.2 Å². The molecule has 4 heteroatoms. The second-order valence-electron chi connectivity index (χ2n) is 6.61. The van der Waals surface area contributed by atoms with Gasteiger partial charge in [0.15, 0.2) is 0 Å². The SMILES string of the molecule is CCC12C(=O)C(C(O)CCc3ccccc3)CC1C2C(=O)O. The van der Waals surface area contributed by atoms with E-state index in [-0.39, 0.29) is 17.6 Å². The van der Waals surface area contributed by atoms with Gasteiger partial charge < -0.3 is 10.2 Å². The average molecular weight is 302 g/mol. The molecule has 0 spiro atoms. The number of carbonyl (C=O) groups excluding carboxylic acids is 1. The van der Waals surface area contributed by atoms with E-state index < -0.39 is 23.4 Å². The molecular formula is C18H22O4. The quantitative estimate of drug-likeness (QED) is 0.845. The van der Waals surface area contributed by atoms with Crippen LogP contribution in [-0.2, 0) is 16.0 Å². The second kappa shape index (κ2) is 5.51. The highest BCUT2D eigenvalue weighted by atomic mass is 16.4. The summed E-state index contributed by atoms with van der Waals surface area (Å²) < 4.78 is 0. The third kappa shape index (κ3) is 2.17. The molecule has 0 radical (unpaired) electrons. The van der Waals surface area contributed by atoms with E-state index in [9.17, 15) is 19.8 Å². The second-order valence-corrected chi connectivity index (χ2v) is 6.61. The molecule has 0 aliphatic heterocycles. The van der Waals surface area contributed by atoms with Gasteiger partial charge in [0.25, 0.3) is 0 Å². The van der Waals surface area contributed by atoms with E-state index in [1.165, 1.54) is 0 Å². The van der Waals surface area contributed by atoms with Crippen LogP contribution in [0.15, 0.2) is 30.3 Å². The Bertz CT molecular complexity index is 582. The largest absolute Gasteiger partial charge is 0.481 e. The van der Waals surface area contributed by atoms with Gasteiger partial charge >= 0.3 is 5.97 Å². The van der Waals surface area contributed by atoms with Crippen LogP contribution in [0.3, 0.4) is 0 Å². The van der Waals surface area contributed by atoms with E-state index in [0.717, 1.165) is 12.0 Å². The number of hydrogen-bond acceptors (Lipinski definition) is 3. The lowest BCUT2D eigenvalue weighted by Gasteiger charge is -2.21. The van der Waals surface area contributed by atoms with Gasteiger partial charge in [-0.15, -0.1) is 0 Å². The Balaban J connectivity index is 1.63. The van der Waals surface area contributed by atoms with Crippen LogP contribution in [0.4, 0.5) is 0 Å². The molecule has 0 aromatic heterocycles. The van der Waals surface area contributed by atoms with Gasteiger partial charge in [-0.25, -0.2) is 0 Å². The molecule has 2 N–H and O–H groups in total. The molecule has 118 valence electrons. The highest BCUT2D eigenvalue weighted by Crippen LogP contribution is 2.70. The number of carboxylic acids is 1. The Hall–Kier alpha value is -1.68. The first-order valence-corrected chi connectivity index (χ1v) is 8.01. The number of hydrogen-bond donors (Lipinski definition) is 2.